The quantitative estimate of drug-likeness (QED) is 0.469. The Bertz CT molecular complexity index is 128. The van der Waals surface area contributed by atoms with E-state index in [1.807, 2.05) is 19.0 Å². The van der Waals surface area contributed by atoms with E-state index in [1.54, 1.807) is 0 Å². The summed E-state index contributed by atoms with van der Waals surface area (Å²) >= 11 is 4.05. The van der Waals surface area contributed by atoms with Gasteiger partial charge in [0.2, 0.25) is 5.91 Å². The molecule has 0 aliphatic heterocycles. The second kappa shape index (κ2) is 7.43. The minimum Gasteiger partial charge on any atom is -0.356 e. The average Bonchev–Trinajstić information content (AvgIpc) is 2.01. The smallest absolute Gasteiger partial charge is 0.221 e. The molecule has 0 unspecified atom stereocenters. The van der Waals surface area contributed by atoms with E-state index < -0.39 is 0 Å². The van der Waals surface area contributed by atoms with Gasteiger partial charge in [0.1, 0.15) is 0 Å². The molecule has 0 aromatic rings. The minimum absolute atomic E-state index is 0.130. The van der Waals surface area contributed by atoms with Crippen LogP contribution in [0.2, 0.25) is 0 Å². The Morgan fingerprint density at radius 2 is 2.17 bits per heavy atom. The number of nitrogens with zero attached hydrogens (tertiary/aromatic N) is 1. The Hall–Kier alpha value is -0.220. The lowest BCUT2D eigenvalue weighted by atomic mass is 10.3. The van der Waals surface area contributed by atoms with Gasteiger partial charge in [-0.05, 0) is 26.3 Å². The average molecular weight is 190 g/mol. The van der Waals surface area contributed by atoms with Crippen LogP contribution in [0.5, 0.6) is 0 Å². The van der Waals surface area contributed by atoms with Crippen LogP contribution in [0, 0.1) is 0 Å². The molecule has 0 heterocycles. The van der Waals surface area contributed by atoms with Gasteiger partial charge in [0, 0.05) is 19.5 Å². The molecule has 0 aliphatic rings. The Balaban J connectivity index is 3.22. The van der Waals surface area contributed by atoms with E-state index in [0.29, 0.717) is 6.42 Å². The first kappa shape index (κ1) is 11.8. The van der Waals surface area contributed by atoms with E-state index in [1.165, 1.54) is 0 Å². The van der Waals surface area contributed by atoms with Crippen LogP contribution in [0.4, 0.5) is 0 Å². The molecule has 4 heteroatoms. The van der Waals surface area contributed by atoms with Gasteiger partial charge in [-0.1, -0.05) is 0 Å². The third kappa shape index (κ3) is 7.88. The molecule has 0 saturated carbocycles. The highest BCUT2D eigenvalue weighted by Gasteiger charge is 1.99. The lowest BCUT2D eigenvalue weighted by molar-refractivity contribution is -0.121. The lowest BCUT2D eigenvalue weighted by Gasteiger charge is -2.08. The first-order valence-corrected chi connectivity index (χ1v) is 4.82. The fourth-order valence-corrected chi connectivity index (χ4v) is 0.879. The third-order valence-electron chi connectivity index (χ3n) is 1.44. The highest BCUT2D eigenvalue weighted by Crippen LogP contribution is 1.85. The Morgan fingerprint density at radius 3 is 2.67 bits per heavy atom. The molecule has 1 N–H and O–H groups in total. The summed E-state index contributed by atoms with van der Waals surface area (Å²) in [5.41, 5.74) is 0. The second-order valence-electron chi connectivity index (χ2n) is 2.98. The number of carbonyl (C=O) groups excluding carboxylic acids is 1. The SMILES string of the molecule is CN(C)CCC(=O)NCCCS. The van der Waals surface area contributed by atoms with Crippen LogP contribution in [0.1, 0.15) is 12.8 Å². The molecule has 0 radical (unpaired) electrons. The van der Waals surface area contributed by atoms with Crippen molar-refractivity contribution < 1.29 is 4.79 Å². The van der Waals surface area contributed by atoms with Crippen LogP contribution in [0.25, 0.3) is 0 Å². The molecule has 12 heavy (non-hydrogen) atoms. The van der Waals surface area contributed by atoms with Crippen molar-refractivity contribution in [1.82, 2.24) is 10.2 Å². The van der Waals surface area contributed by atoms with Gasteiger partial charge in [0.15, 0.2) is 0 Å². The highest BCUT2D eigenvalue weighted by atomic mass is 32.1. The maximum absolute atomic E-state index is 11.1. The van der Waals surface area contributed by atoms with Crippen LogP contribution in [0.3, 0.4) is 0 Å². The molecule has 0 atom stereocenters. The number of thiol groups is 1. The summed E-state index contributed by atoms with van der Waals surface area (Å²) in [6, 6.07) is 0. The summed E-state index contributed by atoms with van der Waals surface area (Å²) < 4.78 is 0. The van der Waals surface area contributed by atoms with Crippen molar-refractivity contribution in [2.75, 3.05) is 32.9 Å². The number of hydrogen-bond donors (Lipinski definition) is 2. The maximum atomic E-state index is 11.1. The molecule has 0 rings (SSSR count). The molecule has 0 bridgehead atoms. The molecule has 0 aliphatic carbocycles. The topological polar surface area (TPSA) is 32.3 Å². The fraction of sp³-hybridized carbons (Fsp3) is 0.875. The highest BCUT2D eigenvalue weighted by molar-refractivity contribution is 7.80. The van der Waals surface area contributed by atoms with Crippen LogP contribution < -0.4 is 5.32 Å². The van der Waals surface area contributed by atoms with Crippen LogP contribution in [-0.4, -0.2) is 43.7 Å². The number of rotatable bonds is 6. The van der Waals surface area contributed by atoms with Gasteiger partial charge in [-0.2, -0.15) is 12.6 Å². The third-order valence-corrected chi connectivity index (χ3v) is 1.76. The summed E-state index contributed by atoms with van der Waals surface area (Å²) in [7, 11) is 3.92. The molecule has 72 valence electrons. The largest absolute Gasteiger partial charge is 0.356 e. The fourth-order valence-electron chi connectivity index (χ4n) is 0.720. The van der Waals surface area contributed by atoms with Crippen molar-refractivity contribution in [3.05, 3.63) is 0 Å². The van der Waals surface area contributed by atoms with E-state index in [2.05, 4.69) is 17.9 Å². The van der Waals surface area contributed by atoms with E-state index in [0.717, 1.165) is 25.3 Å². The zero-order valence-corrected chi connectivity index (χ0v) is 8.73. The summed E-state index contributed by atoms with van der Waals surface area (Å²) in [5, 5.41) is 2.82. The van der Waals surface area contributed by atoms with Gasteiger partial charge in [-0.25, -0.2) is 0 Å². The summed E-state index contributed by atoms with van der Waals surface area (Å²) in [4.78, 5) is 13.1. The zero-order chi connectivity index (χ0) is 9.40. The van der Waals surface area contributed by atoms with E-state index in [-0.39, 0.29) is 5.91 Å². The van der Waals surface area contributed by atoms with Gasteiger partial charge >= 0.3 is 0 Å². The number of hydrogen-bond acceptors (Lipinski definition) is 3. The molecule has 0 aromatic heterocycles. The van der Waals surface area contributed by atoms with Gasteiger partial charge in [-0.15, -0.1) is 0 Å². The standard InChI is InChI=1S/C8H18N2OS/c1-10(2)6-4-8(11)9-5-3-7-12/h12H,3-7H2,1-2H3,(H,9,11). The molecule has 0 fully saturated rings. The first-order valence-electron chi connectivity index (χ1n) is 4.19. The number of nitrogens with one attached hydrogen (secondary N) is 1. The van der Waals surface area contributed by atoms with Crippen molar-refractivity contribution in [3.63, 3.8) is 0 Å². The molecule has 3 nitrogen and oxygen atoms in total. The normalized spacial score (nSPS) is 10.3. The zero-order valence-electron chi connectivity index (χ0n) is 7.84. The predicted molar refractivity (Wildman–Crippen MR) is 54.7 cm³/mol. The van der Waals surface area contributed by atoms with E-state index >= 15 is 0 Å². The van der Waals surface area contributed by atoms with Crippen molar-refractivity contribution in [2.24, 2.45) is 0 Å². The number of amides is 1. The summed E-state index contributed by atoms with van der Waals surface area (Å²) in [5.74, 6) is 0.957. The molecular formula is C8H18N2OS. The van der Waals surface area contributed by atoms with Crippen molar-refractivity contribution in [2.45, 2.75) is 12.8 Å². The minimum atomic E-state index is 0.130. The molecular weight excluding hydrogens is 172 g/mol. The Morgan fingerprint density at radius 1 is 1.50 bits per heavy atom. The monoisotopic (exact) mass is 190 g/mol. The maximum Gasteiger partial charge on any atom is 0.221 e. The van der Waals surface area contributed by atoms with Crippen LogP contribution in [-0.2, 0) is 4.79 Å². The van der Waals surface area contributed by atoms with Crippen molar-refractivity contribution >= 4 is 18.5 Å². The Labute approximate surface area is 79.9 Å². The first-order chi connectivity index (χ1) is 5.66. The summed E-state index contributed by atoms with van der Waals surface area (Å²) in [6.45, 7) is 1.56. The molecule has 0 saturated heterocycles. The van der Waals surface area contributed by atoms with Crippen molar-refractivity contribution in [3.8, 4) is 0 Å². The Kier molecular flexibility index (Phi) is 7.29. The molecule has 0 spiro atoms. The van der Waals surface area contributed by atoms with Gasteiger partial charge in [-0.3, -0.25) is 4.79 Å². The summed E-state index contributed by atoms with van der Waals surface area (Å²) in [6.07, 6.45) is 1.52. The van der Waals surface area contributed by atoms with E-state index in [4.69, 9.17) is 0 Å². The van der Waals surface area contributed by atoms with Crippen LogP contribution >= 0.6 is 12.6 Å². The molecule has 1 amide bonds. The van der Waals surface area contributed by atoms with Gasteiger partial charge < -0.3 is 10.2 Å². The number of carbonyl (C=O) groups is 1. The molecule has 0 aromatic carbocycles. The lowest BCUT2D eigenvalue weighted by Crippen LogP contribution is -2.28. The van der Waals surface area contributed by atoms with E-state index in [9.17, 15) is 4.79 Å². The predicted octanol–water partition coefficient (Wildman–Crippen LogP) is 0.374. The van der Waals surface area contributed by atoms with Crippen LogP contribution in [0.15, 0.2) is 0 Å². The van der Waals surface area contributed by atoms with Crippen molar-refractivity contribution in [1.29, 1.82) is 0 Å². The second-order valence-corrected chi connectivity index (χ2v) is 3.43. The van der Waals surface area contributed by atoms with Gasteiger partial charge in [0.25, 0.3) is 0 Å². The van der Waals surface area contributed by atoms with Gasteiger partial charge in [0.05, 0.1) is 0 Å².